The summed E-state index contributed by atoms with van der Waals surface area (Å²) in [5.41, 5.74) is -0.0950. The maximum absolute atomic E-state index is 13.6. The fourth-order valence-electron chi connectivity index (χ4n) is 1.21. The monoisotopic (exact) mass is 250 g/mol. The largest absolute Gasteiger partial charge is 0.478 e. The standard InChI is InChI=1S/C11H7FN2O2S/c12-8-4-1-3-7(10(15)16)9(8)17-11-13-5-2-6-14-11/h1-6H,(H,15,16). The third kappa shape index (κ3) is 2.59. The van der Waals surface area contributed by atoms with Crippen molar-refractivity contribution >= 4 is 17.7 Å². The maximum Gasteiger partial charge on any atom is 0.336 e. The molecule has 2 aromatic rings. The van der Waals surface area contributed by atoms with E-state index in [1.54, 1.807) is 6.07 Å². The molecule has 0 atom stereocenters. The number of nitrogens with zero attached hydrogens (tertiary/aromatic N) is 2. The number of carboxylic acid groups (broad SMARTS) is 1. The number of halogens is 1. The quantitative estimate of drug-likeness (QED) is 0.848. The molecule has 1 aromatic heterocycles. The highest BCUT2D eigenvalue weighted by Crippen LogP contribution is 2.30. The van der Waals surface area contributed by atoms with Gasteiger partial charge in [-0.3, -0.25) is 0 Å². The van der Waals surface area contributed by atoms with Crippen molar-refractivity contribution in [2.45, 2.75) is 10.1 Å². The highest BCUT2D eigenvalue weighted by atomic mass is 32.2. The van der Waals surface area contributed by atoms with Crippen molar-refractivity contribution in [2.24, 2.45) is 0 Å². The van der Waals surface area contributed by atoms with E-state index in [9.17, 15) is 9.18 Å². The van der Waals surface area contributed by atoms with Crippen LogP contribution >= 0.6 is 11.8 Å². The number of aromatic carboxylic acids is 1. The van der Waals surface area contributed by atoms with Gasteiger partial charge in [0.05, 0.1) is 10.5 Å². The van der Waals surface area contributed by atoms with Crippen molar-refractivity contribution < 1.29 is 14.3 Å². The van der Waals surface area contributed by atoms with E-state index in [4.69, 9.17) is 5.11 Å². The summed E-state index contributed by atoms with van der Waals surface area (Å²) in [6, 6.07) is 5.53. The van der Waals surface area contributed by atoms with Crippen LogP contribution in [0, 0.1) is 5.82 Å². The number of rotatable bonds is 3. The molecule has 1 aromatic carbocycles. The smallest absolute Gasteiger partial charge is 0.336 e. The Balaban J connectivity index is 2.41. The predicted molar refractivity (Wildman–Crippen MR) is 59.5 cm³/mol. The van der Waals surface area contributed by atoms with E-state index in [-0.39, 0.29) is 10.5 Å². The molecule has 17 heavy (non-hydrogen) atoms. The van der Waals surface area contributed by atoms with Crippen molar-refractivity contribution in [3.63, 3.8) is 0 Å². The molecule has 86 valence electrons. The molecular formula is C11H7FN2O2S. The Morgan fingerprint density at radius 2 is 1.94 bits per heavy atom. The molecule has 0 spiro atoms. The third-order valence-corrected chi connectivity index (χ3v) is 2.95. The highest BCUT2D eigenvalue weighted by molar-refractivity contribution is 7.99. The number of hydrogen-bond acceptors (Lipinski definition) is 4. The first kappa shape index (κ1) is 11.5. The SMILES string of the molecule is O=C(O)c1cccc(F)c1Sc1ncccn1. The molecule has 0 bridgehead atoms. The van der Waals surface area contributed by atoms with Crippen LogP contribution in [0.3, 0.4) is 0 Å². The summed E-state index contributed by atoms with van der Waals surface area (Å²) in [5, 5.41) is 9.25. The van der Waals surface area contributed by atoms with Gasteiger partial charge in [0.25, 0.3) is 0 Å². The zero-order valence-corrected chi connectivity index (χ0v) is 9.32. The van der Waals surface area contributed by atoms with Crippen LogP contribution in [0.4, 0.5) is 4.39 Å². The van der Waals surface area contributed by atoms with Crippen LogP contribution < -0.4 is 0 Å². The minimum atomic E-state index is -1.18. The average Bonchev–Trinajstić information content (AvgIpc) is 2.33. The van der Waals surface area contributed by atoms with Crippen molar-refractivity contribution in [3.8, 4) is 0 Å². The molecule has 4 nitrogen and oxygen atoms in total. The zero-order valence-electron chi connectivity index (χ0n) is 8.50. The van der Waals surface area contributed by atoms with Gasteiger partial charge in [0.2, 0.25) is 0 Å². The lowest BCUT2D eigenvalue weighted by atomic mass is 10.2. The van der Waals surface area contributed by atoms with Gasteiger partial charge in [0.15, 0.2) is 5.16 Å². The first-order chi connectivity index (χ1) is 8.18. The lowest BCUT2D eigenvalue weighted by Gasteiger charge is -2.05. The average molecular weight is 250 g/mol. The predicted octanol–water partition coefficient (Wildman–Crippen LogP) is 2.47. The van der Waals surface area contributed by atoms with Gasteiger partial charge in [-0.25, -0.2) is 19.2 Å². The van der Waals surface area contributed by atoms with E-state index in [1.807, 2.05) is 0 Å². The van der Waals surface area contributed by atoms with Crippen LogP contribution in [0.25, 0.3) is 0 Å². The fraction of sp³-hybridized carbons (Fsp3) is 0. The van der Waals surface area contributed by atoms with Crippen molar-refractivity contribution in [3.05, 3.63) is 48.0 Å². The molecule has 1 N–H and O–H groups in total. The van der Waals surface area contributed by atoms with Crippen LogP contribution in [0.1, 0.15) is 10.4 Å². The van der Waals surface area contributed by atoms with E-state index >= 15 is 0 Å². The number of carbonyl (C=O) groups is 1. The topological polar surface area (TPSA) is 63.1 Å². The van der Waals surface area contributed by atoms with Gasteiger partial charge in [-0.05, 0) is 30.0 Å². The molecule has 0 amide bonds. The zero-order chi connectivity index (χ0) is 12.3. The van der Waals surface area contributed by atoms with E-state index < -0.39 is 11.8 Å². The van der Waals surface area contributed by atoms with E-state index in [0.29, 0.717) is 5.16 Å². The molecule has 0 saturated heterocycles. The molecule has 0 aliphatic carbocycles. The molecule has 0 fully saturated rings. The van der Waals surface area contributed by atoms with Crippen LogP contribution in [0.5, 0.6) is 0 Å². The van der Waals surface area contributed by atoms with Crippen LogP contribution in [-0.4, -0.2) is 21.0 Å². The van der Waals surface area contributed by atoms with Gasteiger partial charge < -0.3 is 5.11 Å². The molecule has 6 heteroatoms. The Morgan fingerprint density at radius 1 is 1.24 bits per heavy atom. The summed E-state index contributed by atoms with van der Waals surface area (Å²) in [5.74, 6) is -1.77. The lowest BCUT2D eigenvalue weighted by Crippen LogP contribution is -2.01. The summed E-state index contributed by atoms with van der Waals surface area (Å²) in [6.45, 7) is 0. The first-order valence-corrected chi connectivity index (χ1v) is 5.47. The van der Waals surface area contributed by atoms with Gasteiger partial charge in [-0.15, -0.1) is 0 Å². The Morgan fingerprint density at radius 3 is 2.59 bits per heavy atom. The van der Waals surface area contributed by atoms with Crippen LogP contribution in [-0.2, 0) is 0 Å². The summed E-state index contributed by atoms with van der Waals surface area (Å²) in [7, 11) is 0. The van der Waals surface area contributed by atoms with Crippen LogP contribution in [0.15, 0.2) is 46.7 Å². The van der Waals surface area contributed by atoms with E-state index in [2.05, 4.69) is 9.97 Å². The minimum Gasteiger partial charge on any atom is -0.478 e. The van der Waals surface area contributed by atoms with E-state index in [1.165, 1.54) is 30.6 Å². The summed E-state index contributed by atoms with van der Waals surface area (Å²) < 4.78 is 13.6. The molecule has 0 aliphatic heterocycles. The van der Waals surface area contributed by atoms with Crippen molar-refractivity contribution in [1.82, 2.24) is 9.97 Å². The summed E-state index contributed by atoms with van der Waals surface area (Å²) in [4.78, 5) is 18.8. The maximum atomic E-state index is 13.6. The lowest BCUT2D eigenvalue weighted by molar-refractivity contribution is 0.0692. The Kier molecular flexibility index (Phi) is 3.34. The second-order valence-corrected chi connectivity index (χ2v) is 4.03. The fourth-order valence-corrected chi connectivity index (χ4v) is 2.05. The Labute approximate surface area is 101 Å². The molecule has 1 heterocycles. The minimum absolute atomic E-state index is 0.0196. The Hall–Kier alpha value is -1.95. The summed E-state index contributed by atoms with van der Waals surface area (Å²) >= 11 is 0.891. The van der Waals surface area contributed by atoms with Gasteiger partial charge in [-0.2, -0.15) is 0 Å². The first-order valence-electron chi connectivity index (χ1n) is 4.65. The number of aromatic nitrogens is 2. The van der Waals surface area contributed by atoms with Gasteiger partial charge in [0.1, 0.15) is 5.82 Å². The third-order valence-electron chi connectivity index (χ3n) is 1.93. The molecule has 0 saturated carbocycles. The molecule has 0 aliphatic rings. The van der Waals surface area contributed by atoms with Crippen LogP contribution in [0.2, 0.25) is 0 Å². The van der Waals surface area contributed by atoms with E-state index in [0.717, 1.165) is 11.8 Å². The number of benzene rings is 1. The molecule has 0 unspecified atom stereocenters. The number of carboxylic acids is 1. The molecule has 0 radical (unpaired) electrons. The molecular weight excluding hydrogens is 243 g/mol. The Bertz CT molecular complexity index is 548. The van der Waals surface area contributed by atoms with Crippen molar-refractivity contribution in [1.29, 1.82) is 0 Å². The molecule has 2 rings (SSSR count). The normalized spacial score (nSPS) is 10.2. The van der Waals surface area contributed by atoms with Gasteiger partial charge in [-0.1, -0.05) is 6.07 Å². The second-order valence-electron chi connectivity index (χ2n) is 3.06. The second kappa shape index (κ2) is 4.92. The highest BCUT2D eigenvalue weighted by Gasteiger charge is 2.16. The number of hydrogen-bond donors (Lipinski definition) is 1. The summed E-state index contributed by atoms with van der Waals surface area (Å²) in [6.07, 6.45) is 3.02. The van der Waals surface area contributed by atoms with Gasteiger partial charge in [0, 0.05) is 12.4 Å². The van der Waals surface area contributed by atoms with Crippen molar-refractivity contribution in [2.75, 3.05) is 0 Å². The van der Waals surface area contributed by atoms with Gasteiger partial charge >= 0.3 is 5.97 Å².